The van der Waals surface area contributed by atoms with E-state index in [9.17, 15) is 0 Å². The number of hydrogen-bond acceptors (Lipinski definition) is 1. The van der Waals surface area contributed by atoms with Crippen molar-refractivity contribution in [2.75, 3.05) is 7.11 Å². The molecule has 1 aliphatic carbocycles. The van der Waals surface area contributed by atoms with Crippen LogP contribution in [0.15, 0.2) is 11.6 Å². The average molecular weight is 154 g/mol. The molecule has 64 valence electrons. The van der Waals surface area contributed by atoms with Gasteiger partial charge >= 0.3 is 0 Å². The molecule has 0 bridgehead atoms. The first-order chi connectivity index (χ1) is 5.26. The Hall–Kier alpha value is -0.300. The summed E-state index contributed by atoms with van der Waals surface area (Å²) in [6.45, 7) is 4.43. The summed E-state index contributed by atoms with van der Waals surface area (Å²) in [5, 5.41) is 0. The molecule has 0 N–H and O–H groups in total. The number of ether oxygens (including phenoxy) is 1. The minimum atomic E-state index is 0.477. The van der Waals surface area contributed by atoms with Crippen LogP contribution >= 0.6 is 0 Å². The van der Waals surface area contributed by atoms with E-state index in [-0.39, 0.29) is 0 Å². The predicted octanol–water partition coefficient (Wildman–Crippen LogP) is 2.77. The fourth-order valence-electron chi connectivity index (χ4n) is 1.85. The Morgan fingerprint density at radius 2 is 2.18 bits per heavy atom. The zero-order chi connectivity index (χ0) is 8.27. The summed E-state index contributed by atoms with van der Waals surface area (Å²) in [7, 11) is 1.82. The summed E-state index contributed by atoms with van der Waals surface area (Å²) in [6.07, 6.45) is 6.37. The van der Waals surface area contributed by atoms with Crippen molar-refractivity contribution in [3.63, 3.8) is 0 Å². The van der Waals surface area contributed by atoms with Crippen LogP contribution in [0.25, 0.3) is 0 Å². The van der Waals surface area contributed by atoms with Crippen molar-refractivity contribution in [3.05, 3.63) is 11.6 Å². The quantitative estimate of drug-likeness (QED) is 0.528. The highest BCUT2D eigenvalue weighted by Crippen LogP contribution is 2.29. The van der Waals surface area contributed by atoms with Crippen LogP contribution in [0.4, 0.5) is 0 Å². The minimum Gasteiger partial charge on any atom is -0.381 e. The highest BCUT2D eigenvalue weighted by molar-refractivity contribution is 5.06. The van der Waals surface area contributed by atoms with E-state index in [1.165, 1.54) is 12.8 Å². The van der Waals surface area contributed by atoms with Crippen molar-refractivity contribution in [2.45, 2.75) is 39.2 Å². The van der Waals surface area contributed by atoms with Gasteiger partial charge in [-0.15, -0.1) is 0 Å². The minimum absolute atomic E-state index is 0.477. The van der Waals surface area contributed by atoms with Gasteiger partial charge in [0.25, 0.3) is 0 Å². The lowest BCUT2D eigenvalue weighted by atomic mass is 9.85. The SMILES string of the molecule is C/C=C1/C[C@@H](C)C[C@H](OC)C1. The van der Waals surface area contributed by atoms with Crippen molar-refractivity contribution in [1.82, 2.24) is 0 Å². The Morgan fingerprint density at radius 3 is 2.73 bits per heavy atom. The van der Waals surface area contributed by atoms with E-state index in [0.717, 1.165) is 12.3 Å². The van der Waals surface area contributed by atoms with Gasteiger partial charge in [-0.05, 0) is 32.1 Å². The van der Waals surface area contributed by atoms with Gasteiger partial charge in [-0.3, -0.25) is 0 Å². The lowest BCUT2D eigenvalue weighted by molar-refractivity contribution is 0.0702. The fraction of sp³-hybridized carbons (Fsp3) is 0.800. The number of allylic oxidation sites excluding steroid dienone is 1. The highest BCUT2D eigenvalue weighted by atomic mass is 16.5. The molecule has 0 radical (unpaired) electrons. The molecule has 11 heavy (non-hydrogen) atoms. The molecule has 1 heteroatoms. The molecule has 1 nitrogen and oxygen atoms in total. The van der Waals surface area contributed by atoms with Crippen molar-refractivity contribution < 1.29 is 4.74 Å². The summed E-state index contributed by atoms with van der Waals surface area (Å²) in [5.41, 5.74) is 1.57. The largest absolute Gasteiger partial charge is 0.381 e. The Balaban J connectivity index is 2.50. The lowest BCUT2D eigenvalue weighted by Gasteiger charge is -2.27. The Bertz CT molecular complexity index is 149. The summed E-state index contributed by atoms with van der Waals surface area (Å²) in [6, 6.07) is 0. The van der Waals surface area contributed by atoms with E-state index < -0.39 is 0 Å². The summed E-state index contributed by atoms with van der Waals surface area (Å²) < 4.78 is 5.35. The van der Waals surface area contributed by atoms with Crippen LogP contribution in [0.2, 0.25) is 0 Å². The molecular weight excluding hydrogens is 136 g/mol. The van der Waals surface area contributed by atoms with Crippen LogP contribution in [-0.2, 0) is 4.74 Å². The first-order valence-electron chi connectivity index (χ1n) is 4.43. The number of methoxy groups -OCH3 is 1. The third-order valence-corrected chi connectivity index (χ3v) is 2.51. The van der Waals surface area contributed by atoms with E-state index in [0.29, 0.717) is 6.10 Å². The molecule has 0 spiro atoms. The van der Waals surface area contributed by atoms with Gasteiger partial charge in [0, 0.05) is 7.11 Å². The van der Waals surface area contributed by atoms with Crippen LogP contribution < -0.4 is 0 Å². The second kappa shape index (κ2) is 3.91. The van der Waals surface area contributed by atoms with E-state index in [1.54, 1.807) is 5.57 Å². The smallest absolute Gasteiger partial charge is 0.0611 e. The molecule has 1 rings (SSSR count). The Kier molecular flexibility index (Phi) is 3.13. The molecule has 0 heterocycles. The molecule has 0 amide bonds. The van der Waals surface area contributed by atoms with E-state index in [1.807, 2.05) is 7.11 Å². The molecule has 0 aromatic heterocycles. The van der Waals surface area contributed by atoms with Gasteiger partial charge in [0.15, 0.2) is 0 Å². The fourth-order valence-corrected chi connectivity index (χ4v) is 1.85. The average Bonchev–Trinajstić information content (AvgIpc) is 2.03. The molecule has 1 saturated carbocycles. The van der Waals surface area contributed by atoms with Gasteiger partial charge in [0.05, 0.1) is 6.10 Å². The van der Waals surface area contributed by atoms with Crippen molar-refractivity contribution in [2.24, 2.45) is 5.92 Å². The predicted molar refractivity (Wildman–Crippen MR) is 47.6 cm³/mol. The molecule has 0 saturated heterocycles. The topological polar surface area (TPSA) is 9.23 Å². The third kappa shape index (κ3) is 2.33. The third-order valence-electron chi connectivity index (χ3n) is 2.51. The lowest BCUT2D eigenvalue weighted by Crippen LogP contribution is -2.21. The Morgan fingerprint density at radius 1 is 1.45 bits per heavy atom. The van der Waals surface area contributed by atoms with Gasteiger partial charge in [0.2, 0.25) is 0 Å². The van der Waals surface area contributed by atoms with Crippen LogP contribution in [0, 0.1) is 5.92 Å². The maximum absolute atomic E-state index is 5.35. The van der Waals surface area contributed by atoms with Gasteiger partial charge in [-0.2, -0.15) is 0 Å². The maximum Gasteiger partial charge on any atom is 0.0611 e. The number of hydrogen-bond donors (Lipinski definition) is 0. The van der Waals surface area contributed by atoms with Crippen molar-refractivity contribution >= 4 is 0 Å². The molecule has 0 aromatic carbocycles. The molecule has 1 aliphatic rings. The summed E-state index contributed by atoms with van der Waals surface area (Å²) in [4.78, 5) is 0. The molecule has 0 unspecified atom stereocenters. The normalized spacial score (nSPS) is 36.1. The second-order valence-electron chi connectivity index (χ2n) is 3.55. The van der Waals surface area contributed by atoms with Crippen LogP contribution in [-0.4, -0.2) is 13.2 Å². The van der Waals surface area contributed by atoms with Gasteiger partial charge in [-0.1, -0.05) is 18.6 Å². The molecule has 1 fully saturated rings. The highest BCUT2D eigenvalue weighted by Gasteiger charge is 2.20. The van der Waals surface area contributed by atoms with E-state index >= 15 is 0 Å². The van der Waals surface area contributed by atoms with Gasteiger partial charge in [-0.25, -0.2) is 0 Å². The maximum atomic E-state index is 5.35. The number of rotatable bonds is 1. The second-order valence-corrected chi connectivity index (χ2v) is 3.55. The van der Waals surface area contributed by atoms with Gasteiger partial charge < -0.3 is 4.74 Å². The van der Waals surface area contributed by atoms with Crippen molar-refractivity contribution in [3.8, 4) is 0 Å². The monoisotopic (exact) mass is 154 g/mol. The molecule has 0 aromatic rings. The standard InChI is InChI=1S/C10H18O/c1-4-9-5-8(2)6-10(7-9)11-3/h4,8,10H,5-7H2,1-3H3/b9-4-/t8-,10+/m1/s1. The van der Waals surface area contributed by atoms with Crippen LogP contribution in [0.1, 0.15) is 33.1 Å². The summed E-state index contributed by atoms with van der Waals surface area (Å²) >= 11 is 0. The van der Waals surface area contributed by atoms with Crippen LogP contribution in [0.3, 0.4) is 0 Å². The molecule has 0 aliphatic heterocycles. The Labute approximate surface area is 69.4 Å². The first-order valence-corrected chi connectivity index (χ1v) is 4.43. The van der Waals surface area contributed by atoms with Gasteiger partial charge in [0.1, 0.15) is 0 Å². The first kappa shape index (κ1) is 8.79. The van der Waals surface area contributed by atoms with Crippen LogP contribution in [0.5, 0.6) is 0 Å². The summed E-state index contributed by atoms with van der Waals surface area (Å²) in [5.74, 6) is 0.805. The van der Waals surface area contributed by atoms with Crippen molar-refractivity contribution in [1.29, 1.82) is 0 Å². The molecule has 2 atom stereocenters. The zero-order valence-corrected chi connectivity index (χ0v) is 7.76. The zero-order valence-electron chi connectivity index (χ0n) is 7.76. The molecular formula is C10H18O. The van der Waals surface area contributed by atoms with E-state index in [2.05, 4.69) is 19.9 Å². The van der Waals surface area contributed by atoms with E-state index in [4.69, 9.17) is 4.74 Å².